The van der Waals surface area contributed by atoms with Crippen molar-refractivity contribution in [2.75, 3.05) is 19.6 Å². The molecule has 10 heavy (non-hydrogen) atoms. The lowest BCUT2D eigenvalue weighted by atomic mass is 9.96. The Hall–Kier alpha value is -0.0400. The molecule has 2 rings (SSSR count). The third kappa shape index (κ3) is 1.34. The minimum absolute atomic E-state index is 1.09. The quantitative estimate of drug-likeness (QED) is 0.451. The number of hydrogen-bond donors (Lipinski definition) is 0. The summed E-state index contributed by atoms with van der Waals surface area (Å²) in [6, 6.07) is 0. The zero-order valence-electron chi connectivity index (χ0n) is 6.68. The van der Waals surface area contributed by atoms with Crippen LogP contribution in [-0.2, 0) is 0 Å². The normalized spacial score (nSPS) is 40.8. The lowest BCUT2D eigenvalue weighted by Crippen LogP contribution is -2.31. The molecule has 0 aromatic carbocycles. The Morgan fingerprint density at radius 2 is 1.50 bits per heavy atom. The van der Waals surface area contributed by atoms with Crippen LogP contribution in [0.25, 0.3) is 0 Å². The van der Waals surface area contributed by atoms with Crippen LogP contribution in [0.4, 0.5) is 0 Å². The summed E-state index contributed by atoms with van der Waals surface area (Å²) in [6.07, 6.45) is 7.43. The van der Waals surface area contributed by atoms with Crippen molar-refractivity contribution >= 4 is 0 Å². The fourth-order valence-electron chi connectivity index (χ4n) is 2.34. The molecule has 2 aliphatic rings. The Kier molecular flexibility index (Phi) is 1.94. The highest BCUT2D eigenvalue weighted by Gasteiger charge is 2.26. The molecule has 57 valence electrons. The van der Waals surface area contributed by atoms with Crippen molar-refractivity contribution in [2.24, 2.45) is 5.92 Å². The molecule has 1 heteroatoms. The Morgan fingerprint density at radius 1 is 0.800 bits per heavy atom. The third-order valence-corrected chi connectivity index (χ3v) is 3.03. The predicted octanol–water partition coefficient (Wildman–Crippen LogP) is 1.72. The number of rotatable bonds is 0. The Morgan fingerprint density at radius 3 is 2.20 bits per heavy atom. The van der Waals surface area contributed by atoms with Crippen molar-refractivity contribution in [2.45, 2.75) is 32.1 Å². The van der Waals surface area contributed by atoms with Crippen LogP contribution in [0.5, 0.6) is 0 Å². The first-order valence-electron chi connectivity index (χ1n) is 4.67. The Bertz CT molecular complexity index is 89.3. The van der Waals surface area contributed by atoms with Crippen LogP contribution in [-0.4, -0.2) is 19.6 Å². The second-order valence-electron chi connectivity index (χ2n) is 3.78. The summed E-state index contributed by atoms with van der Waals surface area (Å²) in [5.74, 6) is 1.09. The van der Waals surface area contributed by atoms with Gasteiger partial charge in [-0.2, -0.15) is 4.90 Å². The molecule has 2 saturated heterocycles. The van der Waals surface area contributed by atoms with Crippen molar-refractivity contribution < 1.29 is 0 Å². The number of nitrogens with zero attached hydrogens (tertiary/aromatic N) is 1. The van der Waals surface area contributed by atoms with Crippen LogP contribution < -0.4 is 4.90 Å². The molecule has 0 aromatic heterocycles. The van der Waals surface area contributed by atoms with Gasteiger partial charge in [-0.25, -0.2) is 0 Å². The minimum atomic E-state index is 1.09. The van der Waals surface area contributed by atoms with E-state index in [1.807, 2.05) is 0 Å². The minimum Gasteiger partial charge on any atom is -0.170 e. The van der Waals surface area contributed by atoms with E-state index in [9.17, 15) is 0 Å². The molecule has 0 saturated carbocycles. The standard InChI is InChI=1S/C9H17N/c1-3-9-4-2-7-10(6-1)8-5-9/h9H,1-8H2/q+1. The Balaban J connectivity index is 2.01. The van der Waals surface area contributed by atoms with E-state index in [1.165, 1.54) is 51.7 Å². The summed E-state index contributed by atoms with van der Waals surface area (Å²) in [5.41, 5.74) is 0. The zero-order chi connectivity index (χ0) is 6.81. The van der Waals surface area contributed by atoms with E-state index in [-0.39, 0.29) is 0 Å². The lowest BCUT2D eigenvalue weighted by molar-refractivity contribution is 0.398. The molecule has 0 aromatic rings. The smallest absolute Gasteiger partial charge is 0.123 e. The molecule has 0 aliphatic carbocycles. The van der Waals surface area contributed by atoms with E-state index in [2.05, 4.69) is 4.90 Å². The average molecular weight is 139 g/mol. The van der Waals surface area contributed by atoms with Gasteiger partial charge in [-0.05, 0) is 18.8 Å². The van der Waals surface area contributed by atoms with Gasteiger partial charge in [0.2, 0.25) is 0 Å². The van der Waals surface area contributed by atoms with E-state index < -0.39 is 0 Å². The monoisotopic (exact) mass is 139 g/mol. The highest BCUT2D eigenvalue weighted by atomic mass is 15.1. The molecular formula is C9H17N+. The molecule has 2 heterocycles. The predicted molar refractivity (Wildman–Crippen MR) is 43.3 cm³/mol. The van der Waals surface area contributed by atoms with Crippen molar-refractivity contribution in [3.05, 3.63) is 0 Å². The van der Waals surface area contributed by atoms with Gasteiger partial charge in [0.1, 0.15) is 19.6 Å². The largest absolute Gasteiger partial charge is 0.170 e. The summed E-state index contributed by atoms with van der Waals surface area (Å²) in [5, 5.41) is 0. The first-order valence-corrected chi connectivity index (χ1v) is 4.67. The lowest BCUT2D eigenvalue weighted by Gasteiger charge is -2.10. The molecule has 1 nitrogen and oxygen atoms in total. The molecule has 0 unspecified atom stereocenters. The van der Waals surface area contributed by atoms with E-state index in [4.69, 9.17) is 0 Å². The molecule has 0 amide bonds. The van der Waals surface area contributed by atoms with Gasteiger partial charge in [0.15, 0.2) is 0 Å². The molecule has 2 bridgehead atoms. The second-order valence-corrected chi connectivity index (χ2v) is 3.78. The van der Waals surface area contributed by atoms with Crippen molar-refractivity contribution in [3.63, 3.8) is 0 Å². The van der Waals surface area contributed by atoms with Crippen LogP contribution in [0.1, 0.15) is 32.1 Å². The fraction of sp³-hybridized carbons (Fsp3) is 1.00. The fourth-order valence-corrected chi connectivity index (χ4v) is 2.34. The van der Waals surface area contributed by atoms with E-state index in [0.717, 1.165) is 5.92 Å². The summed E-state index contributed by atoms with van der Waals surface area (Å²) in [7, 11) is 0. The van der Waals surface area contributed by atoms with Crippen LogP contribution >= 0.6 is 0 Å². The third-order valence-electron chi connectivity index (χ3n) is 3.03. The van der Waals surface area contributed by atoms with E-state index >= 15 is 0 Å². The summed E-state index contributed by atoms with van der Waals surface area (Å²) in [4.78, 5) is 2.65. The van der Waals surface area contributed by atoms with Gasteiger partial charge in [-0.1, -0.05) is 0 Å². The molecular weight excluding hydrogens is 122 g/mol. The molecule has 2 aliphatic heterocycles. The van der Waals surface area contributed by atoms with Crippen molar-refractivity contribution in [1.29, 1.82) is 0 Å². The summed E-state index contributed by atoms with van der Waals surface area (Å²) < 4.78 is 0. The maximum Gasteiger partial charge on any atom is 0.123 e. The highest BCUT2D eigenvalue weighted by molar-refractivity contribution is 4.77. The van der Waals surface area contributed by atoms with Gasteiger partial charge in [0.25, 0.3) is 0 Å². The molecule has 0 N–H and O–H groups in total. The van der Waals surface area contributed by atoms with Gasteiger partial charge < -0.3 is 0 Å². The Labute approximate surface area is 63.4 Å². The topological polar surface area (TPSA) is 5.90 Å². The van der Waals surface area contributed by atoms with Gasteiger partial charge in [-0.3, -0.25) is 0 Å². The second kappa shape index (κ2) is 2.91. The van der Waals surface area contributed by atoms with Crippen molar-refractivity contribution in [1.82, 2.24) is 4.90 Å². The first kappa shape index (κ1) is 6.66. The molecule has 2 fully saturated rings. The molecule has 0 atom stereocenters. The molecule has 0 spiro atoms. The van der Waals surface area contributed by atoms with Crippen molar-refractivity contribution in [3.8, 4) is 0 Å². The molecule has 1 radical (unpaired) electrons. The van der Waals surface area contributed by atoms with Crippen LogP contribution in [0.15, 0.2) is 0 Å². The van der Waals surface area contributed by atoms with Gasteiger partial charge >= 0.3 is 0 Å². The maximum atomic E-state index is 2.65. The van der Waals surface area contributed by atoms with E-state index in [1.54, 1.807) is 0 Å². The van der Waals surface area contributed by atoms with Gasteiger partial charge in [0, 0.05) is 19.3 Å². The maximum absolute atomic E-state index is 2.65. The van der Waals surface area contributed by atoms with Crippen LogP contribution in [0, 0.1) is 5.92 Å². The number of hydrogen-bond acceptors (Lipinski definition) is 1. The highest BCUT2D eigenvalue weighted by Crippen LogP contribution is 2.24. The van der Waals surface area contributed by atoms with Crippen LogP contribution in [0.2, 0.25) is 0 Å². The average Bonchev–Trinajstić information content (AvgIpc) is 2.17. The van der Waals surface area contributed by atoms with Gasteiger partial charge in [0.05, 0.1) is 0 Å². The summed E-state index contributed by atoms with van der Waals surface area (Å²) in [6.45, 7) is 4.16. The van der Waals surface area contributed by atoms with E-state index in [0.29, 0.717) is 0 Å². The SMILES string of the molecule is C1CC2CCC[N+](C1)CC2. The summed E-state index contributed by atoms with van der Waals surface area (Å²) >= 11 is 0. The van der Waals surface area contributed by atoms with Crippen LogP contribution in [0.3, 0.4) is 0 Å². The zero-order valence-corrected chi connectivity index (χ0v) is 6.68. The number of fused-ring (bicyclic) bond motifs is 3. The first-order chi connectivity index (χ1) is 4.95. The van der Waals surface area contributed by atoms with Gasteiger partial charge in [-0.15, -0.1) is 0 Å².